The van der Waals surface area contributed by atoms with E-state index >= 15 is 0 Å². The van der Waals surface area contributed by atoms with Crippen LogP contribution < -0.4 is 20.5 Å². The number of amides is 2. The fraction of sp³-hybridized carbons (Fsp3) is 0.556. The molecule has 0 spiro atoms. The lowest BCUT2D eigenvalue weighted by Crippen LogP contribution is -2.41. The van der Waals surface area contributed by atoms with E-state index in [-0.39, 0.29) is 42.7 Å². The molecule has 1 fully saturated rings. The smallest absolute Gasteiger partial charge is 0.243 e. The second-order valence-corrected chi connectivity index (χ2v) is 6.53. The summed E-state index contributed by atoms with van der Waals surface area (Å²) in [6.45, 7) is 3.43. The number of nitrogens with zero attached hydrogens (tertiary/aromatic N) is 1. The van der Waals surface area contributed by atoms with Crippen LogP contribution in [0.3, 0.4) is 0 Å². The summed E-state index contributed by atoms with van der Waals surface area (Å²) >= 11 is 0. The Morgan fingerprint density at radius 1 is 1.23 bits per heavy atom. The van der Waals surface area contributed by atoms with Crippen molar-refractivity contribution in [1.82, 2.24) is 4.90 Å². The number of hydrogen-bond donors (Lipinski definition) is 2. The van der Waals surface area contributed by atoms with Crippen LogP contribution in [0.4, 0.5) is 5.69 Å². The number of halogens is 1. The minimum Gasteiger partial charge on any atom is -0.486 e. The van der Waals surface area contributed by atoms with Gasteiger partial charge in [-0.3, -0.25) is 9.59 Å². The number of anilines is 1. The van der Waals surface area contributed by atoms with Gasteiger partial charge in [-0.2, -0.15) is 0 Å². The fourth-order valence-electron chi connectivity index (χ4n) is 3.34. The van der Waals surface area contributed by atoms with Crippen LogP contribution in [0.2, 0.25) is 0 Å². The molecule has 1 saturated carbocycles. The van der Waals surface area contributed by atoms with Crippen molar-refractivity contribution < 1.29 is 19.1 Å². The number of carbonyl (C=O) groups is 2. The minimum atomic E-state index is -0.228. The highest BCUT2D eigenvalue weighted by molar-refractivity contribution is 5.95. The SMILES string of the molecule is CCN(CC(=O)Nc1ccc2c(c1)OCCO2)C(=O)C1CCC(N)C1.Cl. The average molecular weight is 384 g/mol. The van der Waals surface area contributed by atoms with Crippen LogP contribution in [0.25, 0.3) is 0 Å². The lowest BCUT2D eigenvalue weighted by Gasteiger charge is -2.24. The van der Waals surface area contributed by atoms with Gasteiger partial charge in [-0.25, -0.2) is 0 Å². The number of likely N-dealkylation sites (N-methyl/N-ethyl adjacent to an activating group) is 1. The van der Waals surface area contributed by atoms with E-state index < -0.39 is 0 Å². The number of fused-ring (bicyclic) bond motifs is 1. The molecule has 1 aliphatic heterocycles. The third-order valence-corrected chi connectivity index (χ3v) is 4.68. The van der Waals surface area contributed by atoms with Gasteiger partial charge in [0.2, 0.25) is 11.8 Å². The van der Waals surface area contributed by atoms with Crippen LogP contribution in [0.1, 0.15) is 26.2 Å². The highest BCUT2D eigenvalue weighted by Gasteiger charge is 2.31. The van der Waals surface area contributed by atoms with E-state index in [0.717, 1.165) is 12.8 Å². The van der Waals surface area contributed by atoms with E-state index in [1.807, 2.05) is 6.92 Å². The Morgan fingerprint density at radius 3 is 2.62 bits per heavy atom. The Bertz CT molecular complexity index is 655. The molecule has 1 aromatic rings. The van der Waals surface area contributed by atoms with Gasteiger partial charge in [0.05, 0.1) is 6.54 Å². The van der Waals surface area contributed by atoms with Crippen LogP contribution in [0.5, 0.6) is 11.5 Å². The predicted octanol–water partition coefficient (Wildman–Crippen LogP) is 1.79. The molecule has 1 aliphatic carbocycles. The van der Waals surface area contributed by atoms with Crippen molar-refractivity contribution in [2.24, 2.45) is 11.7 Å². The van der Waals surface area contributed by atoms with Crippen molar-refractivity contribution in [1.29, 1.82) is 0 Å². The number of nitrogens with two attached hydrogens (primary N) is 1. The first-order valence-electron chi connectivity index (χ1n) is 8.80. The molecule has 0 bridgehead atoms. The maximum atomic E-state index is 12.6. The first-order chi connectivity index (χ1) is 12.1. The third kappa shape index (κ3) is 4.80. The first-order valence-corrected chi connectivity index (χ1v) is 8.80. The molecular formula is C18H26ClN3O4. The van der Waals surface area contributed by atoms with Crippen molar-refractivity contribution >= 4 is 29.9 Å². The van der Waals surface area contributed by atoms with Gasteiger partial charge in [-0.15, -0.1) is 12.4 Å². The van der Waals surface area contributed by atoms with Gasteiger partial charge in [0.15, 0.2) is 11.5 Å². The Labute approximate surface area is 159 Å². The van der Waals surface area contributed by atoms with Crippen LogP contribution in [0.15, 0.2) is 18.2 Å². The zero-order valence-corrected chi connectivity index (χ0v) is 15.7. The summed E-state index contributed by atoms with van der Waals surface area (Å²) in [6.07, 6.45) is 2.39. The van der Waals surface area contributed by atoms with E-state index in [0.29, 0.717) is 43.4 Å². The third-order valence-electron chi connectivity index (χ3n) is 4.68. The minimum absolute atomic E-state index is 0. The quantitative estimate of drug-likeness (QED) is 0.808. The molecule has 3 rings (SSSR count). The maximum absolute atomic E-state index is 12.6. The van der Waals surface area contributed by atoms with Crippen molar-refractivity contribution in [3.05, 3.63) is 18.2 Å². The van der Waals surface area contributed by atoms with Gasteiger partial charge >= 0.3 is 0 Å². The van der Waals surface area contributed by atoms with Crippen molar-refractivity contribution in [3.63, 3.8) is 0 Å². The molecule has 2 amide bonds. The largest absolute Gasteiger partial charge is 0.486 e. The van der Waals surface area contributed by atoms with Gasteiger partial charge in [0, 0.05) is 30.3 Å². The number of hydrogen-bond acceptors (Lipinski definition) is 5. The molecule has 144 valence electrons. The van der Waals surface area contributed by atoms with E-state index in [4.69, 9.17) is 15.2 Å². The Hall–Kier alpha value is -1.99. The Kier molecular flexibility index (Phi) is 7.11. The standard InChI is InChI=1S/C18H25N3O4.ClH/c1-2-21(18(23)12-3-4-13(19)9-12)11-17(22)20-14-5-6-15-16(10-14)25-8-7-24-15;/h5-6,10,12-13H,2-4,7-9,11,19H2,1H3,(H,20,22);1H. The number of benzene rings is 1. The van der Waals surface area contributed by atoms with Gasteiger partial charge in [-0.05, 0) is 38.3 Å². The van der Waals surface area contributed by atoms with Gasteiger partial charge in [0.25, 0.3) is 0 Å². The highest BCUT2D eigenvalue weighted by atomic mass is 35.5. The van der Waals surface area contributed by atoms with E-state index in [2.05, 4.69) is 5.32 Å². The summed E-state index contributed by atoms with van der Waals surface area (Å²) in [7, 11) is 0. The molecule has 2 unspecified atom stereocenters. The number of carbonyl (C=O) groups excluding carboxylic acids is 2. The van der Waals surface area contributed by atoms with Gasteiger partial charge < -0.3 is 25.4 Å². The lowest BCUT2D eigenvalue weighted by molar-refractivity contribution is -0.138. The molecule has 0 radical (unpaired) electrons. The second kappa shape index (κ2) is 9.09. The van der Waals surface area contributed by atoms with Crippen molar-refractivity contribution in [2.45, 2.75) is 32.2 Å². The van der Waals surface area contributed by atoms with Crippen LogP contribution in [-0.4, -0.2) is 49.1 Å². The predicted molar refractivity (Wildman–Crippen MR) is 101 cm³/mol. The molecule has 0 saturated heterocycles. The topological polar surface area (TPSA) is 93.9 Å². The summed E-state index contributed by atoms with van der Waals surface area (Å²) in [4.78, 5) is 26.5. The molecule has 26 heavy (non-hydrogen) atoms. The molecule has 8 heteroatoms. The summed E-state index contributed by atoms with van der Waals surface area (Å²) in [6, 6.07) is 5.37. The van der Waals surface area contributed by atoms with Crippen molar-refractivity contribution in [2.75, 3.05) is 31.6 Å². The highest BCUT2D eigenvalue weighted by Crippen LogP contribution is 2.32. The van der Waals surface area contributed by atoms with Gasteiger partial charge in [0.1, 0.15) is 13.2 Å². The molecule has 2 atom stereocenters. The van der Waals surface area contributed by atoms with E-state index in [1.165, 1.54) is 0 Å². The molecule has 7 nitrogen and oxygen atoms in total. The molecular weight excluding hydrogens is 358 g/mol. The van der Waals surface area contributed by atoms with Crippen molar-refractivity contribution in [3.8, 4) is 11.5 Å². The molecule has 0 aromatic heterocycles. The molecule has 3 N–H and O–H groups in total. The summed E-state index contributed by atoms with van der Waals surface area (Å²) < 4.78 is 11.0. The number of nitrogens with one attached hydrogen (secondary N) is 1. The van der Waals surface area contributed by atoms with E-state index in [9.17, 15) is 9.59 Å². The second-order valence-electron chi connectivity index (χ2n) is 6.53. The zero-order chi connectivity index (χ0) is 17.8. The average Bonchev–Trinajstić information content (AvgIpc) is 3.05. The summed E-state index contributed by atoms with van der Waals surface area (Å²) in [5.74, 6) is 1.03. The van der Waals surface area contributed by atoms with Crippen LogP contribution >= 0.6 is 12.4 Å². The Balaban J connectivity index is 0.00000243. The Morgan fingerprint density at radius 2 is 1.96 bits per heavy atom. The van der Waals surface area contributed by atoms with Crippen LogP contribution in [-0.2, 0) is 9.59 Å². The fourth-order valence-corrected chi connectivity index (χ4v) is 3.34. The normalized spacial score (nSPS) is 20.8. The summed E-state index contributed by atoms with van der Waals surface area (Å²) in [5, 5.41) is 2.82. The monoisotopic (exact) mass is 383 g/mol. The van der Waals surface area contributed by atoms with E-state index in [1.54, 1.807) is 23.1 Å². The molecule has 2 aliphatic rings. The van der Waals surface area contributed by atoms with Crippen LogP contribution in [0, 0.1) is 5.92 Å². The first kappa shape index (κ1) is 20.3. The maximum Gasteiger partial charge on any atom is 0.243 e. The number of rotatable bonds is 5. The summed E-state index contributed by atoms with van der Waals surface area (Å²) in [5.41, 5.74) is 6.52. The van der Waals surface area contributed by atoms with Gasteiger partial charge in [-0.1, -0.05) is 0 Å². The molecule has 1 aromatic carbocycles. The number of ether oxygens (including phenoxy) is 2. The lowest BCUT2D eigenvalue weighted by atomic mass is 10.1. The zero-order valence-electron chi connectivity index (χ0n) is 14.9. The molecule has 1 heterocycles.